The van der Waals surface area contributed by atoms with Crippen molar-refractivity contribution in [1.29, 1.82) is 0 Å². The lowest BCUT2D eigenvalue weighted by molar-refractivity contribution is -0.141. The average Bonchev–Trinajstić information content (AvgIpc) is 2.64. The monoisotopic (exact) mass is 388 g/mol. The summed E-state index contributed by atoms with van der Waals surface area (Å²) in [5.74, 6) is 1.55. The predicted molar refractivity (Wildman–Crippen MR) is 104 cm³/mol. The Morgan fingerprint density at radius 2 is 1.81 bits per heavy atom. The Kier molecular flexibility index (Phi) is 8.74. The van der Waals surface area contributed by atoms with Crippen LogP contribution in [0.5, 0.6) is 0 Å². The van der Waals surface area contributed by atoms with E-state index in [1.165, 1.54) is 37.8 Å². The third-order valence-corrected chi connectivity index (χ3v) is 6.05. The van der Waals surface area contributed by atoms with Crippen molar-refractivity contribution in [2.45, 2.75) is 70.0 Å². The van der Waals surface area contributed by atoms with Gasteiger partial charge in [-0.1, -0.05) is 19.4 Å². The van der Waals surface area contributed by atoms with Crippen LogP contribution in [0.2, 0.25) is 0 Å². The number of hydrogen-bond acceptors (Lipinski definition) is 3. The Morgan fingerprint density at radius 3 is 2.35 bits per heavy atom. The molecule has 0 aliphatic heterocycles. The molecule has 0 aromatic carbocycles. The highest BCUT2D eigenvalue weighted by molar-refractivity contribution is 7.98. The molecule has 1 aromatic rings. The quantitative estimate of drug-likeness (QED) is 0.484. The van der Waals surface area contributed by atoms with Crippen LogP contribution < -0.4 is 0 Å². The largest absolute Gasteiger partial charge is 0.433 e. The van der Waals surface area contributed by atoms with Crippen LogP contribution in [0.25, 0.3) is 0 Å². The first-order valence-corrected chi connectivity index (χ1v) is 11.1. The molecule has 2 rings (SSSR count). The van der Waals surface area contributed by atoms with Gasteiger partial charge in [0.1, 0.15) is 5.69 Å². The number of rotatable bonds is 9. The first-order valence-electron chi connectivity index (χ1n) is 9.71. The fraction of sp³-hybridized carbons (Fsp3) is 0.750. The average molecular weight is 389 g/mol. The van der Waals surface area contributed by atoms with Gasteiger partial charge < -0.3 is 4.90 Å². The SMILES string of the molecule is CCCCN(CCCSC)C1CCC(c2ccc(C(F)(F)F)nc2)CC1. The highest BCUT2D eigenvalue weighted by atomic mass is 32.2. The molecule has 1 saturated carbocycles. The number of nitrogens with zero attached hydrogens (tertiary/aromatic N) is 2. The normalized spacial score (nSPS) is 21.3. The van der Waals surface area contributed by atoms with E-state index < -0.39 is 11.9 Å². The number of pyridine rings is 1. The van der Waals surface area contributed by atoms with Crippen molar-refractivity contribution in [1.82, 2.24) is 9.88 Å². The van der Waals surface area contributed by atoms with Crippen molar-refractivity contribution in [3.8, 4) is 0 Å². The standard InChI is InChI=1S/C20H31F3N2S/c1-3-4-12-25(13-5-14-26-2)18-9-6-16(7-10-18)17-8-11-19(24-15-17)20(21,22)23/h8,11,15-16,18H,3-7,9-10,12-14H2,1-2H3. The smallest absolute Gasteiger partial charge is 0.300 e. The Labute approximate surface area is 159 Å². The van der Waals surface area contributed by atoms with Gasteiger partial charge in [0.25, 0.3) is 0 Å². The molecule has 0 unspecified atom stereocenters. The van der Waals surface area contributed by atoms with Crippen molar-refractivity contribution in [3.63, 3.8) is 0 Å². The molecule has 148 valence electrons. The summed E-state index contributed by atoms with van der Waals surface area (Å²) in [7, 11) is 0. The van der Waals surface area contributed by atoms with Crippen LogP contribution in [0.3, 0.4) is 0 Å². The molecular weight excluding hydrogens is 357 g/mol. The van der Waals surface area contributed by atoms with Crippen LogP contribution in [0.1, 0.15) is 69.0 Å². The first-order chi connectivity index (χ1) is 12.5. The molecule has 26 heavy (non-hydrogen) atoms. The molecule has 1 aliphatic rings. The first kappa shape index (κ1) is 21.5. The zero-order valence-electron chi connectivity index (χ0n) is 15.9. The van der Waals surface area contributed by atoms with Crippen LogP contribution in [-0.2, 0) is 6.18 Å². The number of aromatic nitrogens is 1. The minimum atomic E-state index is -4.35. The van der Waals surface area contributed by atoms with E-state index in [0.717, 1.165) is 43.9 Å². The van der Waals surface area contributed by atoms with Crippen molar-refractivity contribution in [2.75, 3.05) is 25.1 Å². The van der Waals surface area contributed by atoms with Gasteiger partial charge in [0.2, 0.25) is 0 Å². The molecule has 1 aromatic heterocycles. The summed E-state index contributed by atoms with van der Waals surface area (Å²) in [4.78, 5) is 6.29. The molecule has 0 spiro atoms. The molecule has 0 radical (unpaired) electrons. The second kappa shape index (κ2) is 10.5. The van der Waals surface area contributed by atoms with Crippen molar-refractivity contribution in [2.24, 2.45) is 0 Å². The lowest BCUT2D eigenvalue weighted by atomic mass is 9.81. The summed E-state index contributed by atoms with van der Waals surface area (Å²) in [5, 5.41) is 0. The van der Waals surface area contributed by atoms with Crippen molar-refractivity contribution in [3.05, 3.63) is 29.6 Å². The number of unbranched alkanes of at least 4 members (excludes halogenated alkanes) is 1. The predicted octanol–water partition coefficient (Wildman–Crippen LogP) is 5.98. The van der Waals surface area contributed by atoms with E-state index in [1.54, 1.807) is 6.07 Å². The molecule has 1 heterocycles. The van der Waals surface area contributed by atoms with E-state index in [4.69, 9.17) is 0 Å². The molecule has 1 aliphatic carbocycles. The topological polar surface area (TPSA) is 16.1 Å². The molecular formula is C20H31F3N2S. The van der Waals surface area contributed by atoms with Gasteiger partial charge in [-0.2, -0.15) is 24.9 Å². The summed E-state index contributed by atoms with van der Waals surface area (Å²) in [5.41, 5.74) is 0.161. The Balaban J connectivity index is 1.89. The second-order valence-corrected chi connectivity index (χ2v) is 8.20. The van der Waals surface area contributed by atoms with Crippen LogP contribution in [0.15, 0.2) is 18.3 Å². The lowest BCUT2D eigenvalue weighted by Gasteiger charge is -2.37. The number of thioether (sulfide) groups is 1. The van der Waals surface area contributed by atoms with Crippen molar-refractivity contribution < 1.29 is 13.2 Å². The Hall–Kier alpha value is -0.750. The minimum Gasteiger partial charge on any atom is -0.300 e. The second-order valence-electron chi connectivity index (χ2n) is 7.22. The molecule has 0 bridgehead atoms. The van der Waals surface area contributed by atoms with Gasteiger partial charge in [-0.15, -0.1) is 0 Å². The highest BCUT2D eigenvalue weighted by Crippen LogP contribution is 2.36. The van der Waals surface area contributed by atoms with E-state index in [1.807, 2.05) is 11.8 Å². The Morgan fingerprint density at radius 1 is 1.12 bits per heavy atom. The molecule has 0 N–H and O–H groups in total. The maximum atomic E-state index is 12.7. The van der Waals surface area contributed by atoms with Gasteiger partial charge in [-0.05, 0) is 81.2 Å². The maximum Gasteiger partial charge on any atom is 0.433 e. The summed E-state index contributed by atoms with van der Waals surface area (Å²) in [6.45, 7) is 4.56. The summed E-state index contributed by atoms with van der Waals surface area (Å²) in [6.07, 6.45) is 7.27. The fourth-order valence-corrected chi connectivity index (χ4v) is 4.26. The van der Waals surface area contributed by atoms with Gasteiger partial charge in [-0.25, -0.2) is 0 Å². The third kappa shape index (κ3) is 6.45. The molecule has 1 fully saturated rings. The van der Waals surface area contributed by atoms with Crippen LogP contribution >= 0.6 is 11.8 Å². The molecule has 6 heteroatoms. The van der Waals surface area contributed by atoms with E-state index in [0.29, 0.717) is 12.0 Å². The van der Waals surface area contributed by atoms with Crippen LogP contribution in [0.4, 0.5) is 13.2 Å². The number of hydrogen-bond donors (Lipinski definition) is 0. The van der Waals surface area contributed by atoms with Gasteiger partial charge in [0.05, 0.1) is 0 Å². The van der Waals surface area contributed by atoms with E-state index in [2.05, 4.69) is 23.1 Å². The lowest BCUT2D eigenvalue weighted by Crippen LogP contribution is -2.39. The molecule has 0 amide bonds. The highest BCUT2D eigenvalue weighted by Gasteiger charge is 2.33. The summed E-state index contributed by atoms with van der Waals surface area (Å²) < 4.78 is 38.0. The van der Waals surface area contributed by atoms with E-state index in [-0.39, 0.29) is 0 Å². The number of alkyl halides is 3. The molecule has 0 atom stereocenters. The van der Waals surface area contributed by atoms with Gasteiger partial charge >= 0.3 is 6.18 Å². The molecule has 0 saturated heterocycles. The minimum absolute atomic E-state index is 0.347. The van der Waals surface area contributed by atoms with Gasteiger partial charge in [0, 0.05) is 12.2 Å². The molecule has 2 nitrogen and oxygen atoms in total. The summed E-state index contributed by atoms with van der Waals surface area (Å²) >= 11 is 1.90. The van der Waals surface area contributed by atoms with Gasteiger partial charge in [0.15, 0.2) is 0 Å². The fourth-order valence-electron chi connectivity index (χ4n) is 3.84. The van der Waals surface area contributed by atoms with Gasteiger partial charge in [-0.3, -0.25) is 4.98 Å². The zero-order chi connectivity index (χ0) is 19.0. The van der Waals surface area contributed by atoms with E-state index >= 15 is 0 Å². The van der Waals surface area contributed by atoms with Crippen molar-refractivity contribution >= 4 is 11.8 Å². The third-order valence-electron chi connectivity index (χ3n) is 5.35. The van der Waals surface area contributed by atoms with E-state index in [9.17, 15) is 13.2 Å². The summed E-state index contributed by atoms with van der Waals surface area (Å²) in [6, 6.07) is 3.37. The zero-order valence-corrected chi connectivity index (χ0v) is 16.7. The Bertz CT molecular complexity index is 511. The van der Waals surface area contributed by atoms with Crippen LogP contribution in [0, 0.1) is 0 Å². The van der Waals surface area contributed by atoms with Crippen LogP contribution in [-0.4, -0.2) is 41.0 Å². The maximum absolute atomic E-state index is 12.7. The number of halogens is 3.